The molecule has 0 N–H and O–H groups in total. The van der Waals surface area contributed by atoms with Gasteiger partial charge in [-0.2, -0.15) is 18.3 Å². The van der Waals surface area contributed by atoms with Gasteiger partial charge >= 0.3 is 6.18 Å². The van der Waals surface area contributed by atoms with Crippen LogP contribution in [0.25, 0.3) is 16.2 Å². The molecule has 7 nitrogen and oxygen atoms in total. The Bertz CT molecular complexity index is 1380. The monoisotopic (exact) mass is 521 g/mol. The maximum Gasteiger partial charge on any atom is 0.433 e. The van der Waals surface area contributed by atoms with Crippen LogP contribution in [0.3, 0.4) is 0 Å². The molecule has 0 unspecified atom stereocenters. The van der Waals surface area contributed by atoms with Crippen molar-refractivity contribution in [1.82, 2.24) is 19.5 Å². The molecule has 1 saturated heterocycles. The van der Waals surface area contributed by atoms with Gasteiger partial charge in [-0.15, -0.1) is 11.3 Å². The van der Waals surface area contributed by atoms with Crippen molar-refractivity contribution in [3.8, 4) is 16.3 Å². The Morgan fingerprint density at radius 2 is 1.86 bits per heavy atom. The SMILES string of the molecule is COc1ccccc1N1CCN(C(=O)c2nn3c(C(F)(F)F)cc(-c4cccs4)nc3c2Cl)CC1. The van der Waals surface area contributed by atoms with Crippen LogP contribution in [0.5, 0.6) is 5.75 Å². The van der Waals surface area contributed by atoms with Crippen molar-refractivity contribution in [2.75, 3.05) is 38.2 Å². The smallest absolute Gasteiger partial charge is 0.433 e. The second-order valence-electron chi connectivity index (χ2n) is 7.85. The highest BCUT2D eigenvalue weighted by atomic mass is 35.5. The van der Waals surface area contributed by atoms with Gasteiger partial charge in [0.15, 0.2) is 17.0 Å². The number of hydrogen-bond acceptors (Lipinski definition) is 6. The van der Waals surface area contributed by atoms with E-state index in [1.807, 2.05) is 24.3 Å². The molecule has 12 heteroatoms. The van der Waals surface area contributed by atoms with Crippen LogP contribution in [0.2, 0.25) is 5.02 Å². The zero-order valence-electron chi connectivity index (χ0n) is 18.4. The molecule has 4 aromatic rings. The maximum atomic E-state index is 13.9. The molecular formula is C23H19ClF3N5O2S. The number of anilines is 1. The predicted molar refractivity (Wildman–Crippen MR) is 127 cm³/mol. The summed E-state index contributed by atoms with van der Waals surface area (Å²) in [5.74, 6) is 0.189. The summed E-state index contributed by atoms with van der Waals surface area (Å²) in [6, 6.07) is 11.9. The molecular weight excluding hydrogens is 503 g/mol. The third kappa shape index (κ3) is 4.30. The first-order chi connectivity index (χ1) is 16.8. The van der Waals surface area contributed by atoms with E-state index >= 15 is 0 Å². The third-order valence-corrected chi connectivity index (χ3v) is 7.03. The average molecular weight is 522 g/mol. The van der Waals surface area contributed by atoms with E-state index in [9.17, 15) is 18.0 Å². The fourth-order valence-corrected chi connectivity index (χ4v) is 5.00. The van der Waals surface area contributed by atoms with Gasteiger partial charge in [-0.1, -0.05) is 29.8 Å². The number of carbonyl (C=O) groups excluding carboxylic acids is 1. The van der Waals surface area contributed by atoms with E-state index in [2.05, 4.69) is 15.0 Å². The number of hydrogen-bond donors (Lipinski definition) is 0. The molecule has 0 aliphatic carbocycles. The summed E-state index contributed by atoms with van der Waals surface area (Å²) in [4.78, 5) is 21.7. The zero-order chi connectivity index (χ0) is 24.7. The van der Waals surface area contributed by atoms with Gasteiger partial charge in [0.05, 0.1) is 23.4 Å². The van der Waals surface area contributed by atoms with Gasteiger partial charge < -0.3 is 14.5 Å². The van der Waals surface area contributed by atoms with Crippen LogP contribution in [-0.4, -0.2) is 58.7 Å². The maximum absolute atomic E-state index is 13.9. The van der Waals surface area contributed by atoms with Crippen molar-refractivity contribution in [1.29, 1.82) is 0 Å². The molecule has 3 aromatic heterocycles. The summed E-state index contributed by atoms with van der Waals surface area (Å²) in [5, 5.41) is 5.50. The molecule has 0 atom stereocenters. The van der Waals surface area contributed by atoms with Crippen LogP contribution in [0.1, 0.15) is 16.2 Å². The predicted octanol–water partition coefficient (Wildman–Crippen LogP) is 5.10. The summed E-state index contributed by atoms with van der Waals surface area (Å²) in [7, 11) is 1.59. The lowest BCUT2D eigenvalue weighted by Gasteiger charge is -2.36. The number of halogens is 4. The van der Waals surface area contributed by atoms with Crippen molar-refractivity contribution in [3.05, 3.63) is 64.3 Å². The van der Waals surface area contributed by atoms with Gasteiger partial charge in [0.25, 0.3) is 5.91 Å². The number of amides is 1. The molecule has 1 amide bonds. The zero-order valence-corrected chi connectivity index (χ0v) is 20.0. The van der Waals surface area contributed by atoms with Gasteiger partial charge in [-0.25, -0.2) is 9.50 Å². The molecule has 0 bridgehead atoms. The summed E-state index contributed by atoms with van der Waals surface area (Å²) < 4.78 is 47.6. The minimum absolute atomic E-state index is 0.117. The van der Waals surface area contributed by atoms with E-state index in [1.54, 1.807) is 24.6 Å². The fourth-order valence-electron chi connectivity index (χ4n) is 4.07. The molecule has 1 aliphatic rings. The van der Waals surface area contributed by atoms with Gasteiger partial charge in [0, 0.05) is 26.2 Å². The summed E-state index contributed by atoms with van der Waals surface area (Å²) >= 11 is 7.66. The number of aromatic nitrogens is 3. The highest BCUT2D eigenvalue weighted by molar-refractivity contribution is 7.13. The topological polar surface area (TPSA) is 63.0 Å². The van der Waals surface area contributed by atoms with E-state index in [4.69, 9.17) is 16.3 Å². The quantitative estimate of drug-likeness (QED) is 0.374. The number of methoxy groups -OCH3 is 1. The van der Waals surface area contributed by atoms with Crippen molar-refractivity contribution < 1.29 is 22.7 Å². The lowest BCUT2D eigenvalue weighted by Crippen LogP contribution is -2.49. The Balaban J connectivity index is 1.45. The highest BCUT2D eigenvalue weighted by Gasteiger charge is 2.37. The number of thiophene rings is 1. The standard InChI is InChI=1S/C23H19ClF3N5O2S/c1-34-16-6-3-2-5-15(16)30-8-10-31(11-9-30)22(33)20-19(24)21-28-14(17-7-4-12-35-17)13-18(23(25,26)27)32(21)29-20/h2-7,12-13H,8-11H2,1H3. The van der Waals surface area contributed by atoms with Crippen LogP contribution in [-0.2, 0) is 6.18 Å². The number of para-hydroxylation sites is 2. The summed E-state index contributed by atoms with van der Waals surface area (Å²) in [6.45, 7) is 1.74. The van der Waals surface area contributed by atoms with Crippen LogP contribution >= 0.6 is 22.9 Å². The lowest BCUT2D eigenvalue weighted by atomic mass is 10.2. The van der Waals surface area contributed by atoms with Crippen LogP contribution in [0.15, 0.2) is 47.8 Å². The van der Waals surface area contributed by atoms with E-state index in [1.165, 1.54) is 16.2 Å². The molecule has 1 aliphatic heterocycles. The number of fused-ring (bicyclic) bond motifs is 1. The fraction of sp³-hybridized carbons (Fsp3) is 0.261. The molecule has 5 rings (SSSR count). The Kier molecular flexibility index (Phi) is 6.06. The number of nitrogens with zero attached hydrogens (tertiary/aromatic N) is 5. The van der Waals surface area contributed by atoms with E-state index < -0.39 is 17.8 Å². The number of ether oxygens (including phenoxy) is 1. The Hall–Kier alpha value is -3.31. The number of alkyl halides is 3. The molecule has 35 heavy (non-hydrogen) atoms. The van der Waals surface area contributed by atoms with Crippen LogP contribution < -0.4 is 9.64 Å². The van der Waals surface area contributed by atoms with E-state index in [0.717, 1.165) is 17.5 Å². The third-order valence-electron chi connectivity index (χ3n) is 5.79. The van der Waals surface area contributed by atoms with E-state index in [-0.39, 0.29) is 22.1 Å². The Labute approximate surface area is 207 Å². The van der Waals surface area contributed by atoms with Gasteiger partial charge in [-0.05, 0) is 29.6 Å². The van der Waals surface area contributed by atoms with Crippen LogP contribution in [0, 0.1) is 0 Å². The number of carbonyl (C=O) groups is 1. The molecule has 4 heterocycles. The molecule has 182 valence electrons. The second-order valence-corrected chi connectivity index (χ2v) is 9.18. The normalized spacial score (nSPS) is 14.5. The summed E-state index contributed by atoms with van der Waals surface area (Å²) in [5.41, 5.74) is -0.480. The first-order valence-corrected chi connectivity index (χ1v) is 11.9. The molecule has 0 radical (unpaired) electrons. The minimum atomic E-state index is -4.72. The first kappa shape index (κ1) is 23.4. The lowest BCUT2D eigenvalue weighted by molar-refractivity contribution is -0.142. The van der Waals surface area contributed by atoms with Gasteiger partial charge in [-0.3, -0.25) is 4.79 Å². The average Bonchev–Trinajstić information content (AvgIpc) is 3.51. The van der Waals surface area contributed by atoms with Crippen molar-refractivity contribution in [2.45, 2.75) is 6.18 Å². The van der Waals surface area contributed by atoms with Gasteiger partial charge in [0.1, 0.15) is 10.8 Å². The largest absolute Gasteiger partial charge is 0.495 e. The van der Waals surface area contributed by atoms with E-state index in [0.29, 0.717) is 35.6 Å². The van der Waals surface area contributed by atoms with Crippen molar-refractivity contribution in [2.24, 2.45) is 0 Å². The first-order valence-electron chi connectivity index (χ1n) is 10.7. The Morgan fingerprint density at radius 1 is 1.11 bits per heavy atom. The molecule has 1 fully saturated rings. The highest BCUT2D eigenvalue weighted by Crippen LogP contribution is 2.36. The Morgan fingerprint density at radius 3 is 2.51 bits per heavy atom. The second kappa shape index (κ2) is 9.04. The molecule has 0 saturated carbocycles. The number of benzene rings is 1. The molecule has 1 aromatic carbocycles. The summed E-state index contributed by atoms with van der Waals surface area (Å²) in [6.07, 6.45) is -4.72. The number of piperazine rings is 1. The van der Waals surface area contributed by atoms with Crippen LogP contribution in [0.4, 0.5) is 18.9 Å². The van der Waals surface area contributed by atoms with Crippen molar-refractivity contribution in [3.63, 3.8) is 0 Å². The molecule has 0 spiro atoms. The van der Waals surface area contributed by atoms with Gasteiger partial charge in [0.2, 0.25) is 0 Å². The van der Waals surface area contributed by atoms with Crippen molar-refractivity contribution >= 4 is 40.2 Å². The minimum Gasteiger partial charge on any atom is -0.495 e. The number of rotatable bonds is 4.